The highest BCUT2D eigenvalue weighted by Crippen LogP contribution is 2.18. The van der Waals surface area contributed by atoms with Crippen molar-refractivity contribution in [3.8, 4) is 11.3 Å². The van der Waals surface area contributed by atoms with Crippen LogP contribution in [0.5, 0.6) is 0 Å². The largest absolute Gasteiger partial charge is 0.480 e. The molecule has 0 saturated carbocycles. The first-order valence-corrected chi connectivity index (χ1v) is 8.18. The topological polar surface area (TPSA) is 121 Å². The van der Waals surface area contributed by atoms with Gasteiger partial charge in [-0.2, -0.15) is 0 Å². The van der Waals surface area contributed by atoms with Crippen molar-refractivity contribution in [2.24, 2.45) is 0 Å². The van der Waals surface area contributed by atoms with E-state index in [2.05, 4.69) is 15.3 Å². The maximum atomic E-state index is 12.5. The van der Waals surface area contributed by atoms with Gasteiger partial charge in [0.2, 0.25) is 0 Å². The second-order valence-electron chi connectivity index (χ2n) is 6.05. The predicted molar refractivity (Wildman–Crippen MR) is 91.3 cm³/mol. The Labute approximate surface area is 149 Å². The maximum absolute atomic E-state index is 12.5. The lowest BCUT2D eigenvalue weighted by Gasteiger charge is -2.25. The van der Waals surface area contributed by atoms with E-state index in [1.807, 2.05) is 6.08 Å². The molecule has 0 aromatic carbocycles. The van der Waals surface area contributed by atoms with Crippen LogP contribution in [0.3, 0.4) is 0 Å². The Bertz CT molecular complexity index is 843. The Kier molecular flexibility index (Phi) is 5.08. The lowest BCUT2D eigenvalue weighted by Crippen LogP contribution is -2.35. The van der Waals surface area contributed by atoms with Crippen LogP contribution >= 0.6 is 0 Å². The molecular formula is C17H19N5O4. The molecule has 1 atom stereocenters. The number of aliphatic hydroxyl groups is 1. The Balaban J connectivity index is 1.72. The van der Waals surface area contributed by atoms with Gasteiger partial charge in [0, 0.05) is 24.8 Å². The summed E-state index contributed by atoms with van der Waals surface area (Å²) in [6.45, 7) is 2.54. The monoisotopic (exact) mass is 357 g/mol. The van der Waals surface area contributed by atoms with Crippen LogP contribution in [0.1, 0.15) is 29.9 Å². The van der Waals surface area contributed by atoms with Gasteiger partial charge in [-0.05, 0) is 31.1 Å². The first-order valence-electron chi connectivity index (χ1n) is 8.18. The van der Waals surface area contributed by atoms with E-state index in [1.54, 1.807) is 17.0 Å². The van der Waals surface area contributed by atoms with Gasteiger partial charge in [-0.25, -0.2) is 9.48 Å². The Morgan fingerprint density at radius 1 is 1.35 bits per heavy atom. The average molecular weight is 357 g/mol. The minimum atomic E-state index is -1.000. The minimum Gasteiger partial charge on any atom is -0.480 e. The molecule has 3 rings (SSSR count). The minimum absolute atomic E-state index is 0.0240. The predicted octanol–water partition coefficient (Wildman–Crippen LogP) is 0.750. The number of aliphatic carboxylic acids is 1. The SMILES string of the molecule is CC(C(=O)O)n1cc(-c2ccc(C(=O)N3CC=C(CO)CC3)nc2)nn1. The number of rotatable bonds is 5. The van der Waals surface area contributed by atoms with Gasteiger partial charge in [0.25, 0.3) is 5.91 Å². The molecule has 3 heterocycles. The first-order chi connectivity index (χ1) is 12.5. The number of aliphatic hydroxyl groups excluding tert-OH is 1. The number of hydrogen-bond donors (Lipinski definition) is 2. The van der Waals surface area contributed by atoms with E-state index in [4.69, 9.17) is 10.2 Å². The van der Waals surface area contributed by atoms with Gasteiger partial charge in [-0.3, -0.25) is 9.78 Å². The summed E-state index contributed by atoms with van der Waals surface area (Å²) in [5.41, 5.74) is 2.39. The number of pyridine rings is 1. The quantitative estimate of drug-likeness (QED) is 0.757. The van der Waals surface area contributed by atoms with Gasteiger partial charge < -0.3 is 15.1 Å². The summed E-state index contributed by atoms with van der Waals surface area (Å²) in [5, 5.41) is 25.9. The van der Waals surface area contributed by atoms with Crippen molar-refractivity contribution < 1.29 is 19.8 Å². The zero-order chi connectivity index (χ0) is 18.7. The molecule has 1 unspecified atom stereocenters. The number of carbonyl (C=O) groups excluding carboxylic acids is 1. The Morgan fingerprint density at radius 2 is 2.15 bits per heavy atom. The van der Waals surface area contributed by atoms with Crippen LogP contribution in [0.15, 0.2) is 36.2 Å². The van der Waals surface area contributed by atoms with Crippen LogP contribution in [0.4, 0.5) is 0 Å². The highest BCUT2D eigenvalue weighted by molar-refractivity contribution is 5.92. The van der Waals surface area contributed by atoms with Crippen molar-refractivity contribution in [1.82, 2.24) is 24.9 Å². The molecule has 0 fully saturated rings. The second-order valence-corrected chi connectivity index (χ2v) is 6.05. The number of hydrogen-bond acceptors (Lipinski definition) is 6. The van der Waals surface area contributed by atoms with Gasteiger partial charge in [0.1, 0.15) is 17.4 Å². The molecule has 136 valence electrons. The van der Waals surface area contributed by atoms with Crippen molar-refractivity contribution in [3.05, 3.63) is 41.9 Å². The van der Waals surface area contributed by atoms with Crippen molar-refractivity contribution in [2.75, 3.05) is 19.7 Å². The van der Waals surface area contributed by atoms with Crippen LogP contribution in [-0.4, -0.2) is 66.7 Å². The Morgan fingerprint density at radius 3 is 2.73 bits per heavy atom. The summed E-state index contributed by atoms with van der Waals surface area (Å²) in [7, 11) is 0. The fraction of sp³-hybridized carbons (Fsp3) is 0.353. The zero-order valence-corrected chi connectivity index (χ0v) is 14.2. The molecule has 26 heavy (non-hydrogen) atoms. The highest BCUT2D eigenvalue weighted by atomic mass is 16.4. The van der Waals surface area contributed by atoms with Gasteiger partial charge in [0.05, 0.1) is 12.8 Å². The number of carboxylic acids is 1. The number of carbonyl (C=O) groups is 2. The summed E-state index contributed by atoms with van der Waals surface area (Å²) in [6, 6.07) is 2.50. The van der Waals surface area contributed by atoms with Crippen molar-refractivity contribution in [1.29, 1.82) is 0 Å². The lowest BCUT2D eigenvalue weighted by atomic mass is 10.1. The molecule has 1 aliphatic heterocycles. The molecule has 0 saturated heterocycles. The van der Waals surface area contributed by atoms with Crippen molar-refractivity contribution in [2.45, 2.75) is 19.4 Å². The molecule has 0 bridgehead atoms. The molecule has 2 aromatic heterocycles. The van der Waals surface area contributed by atoms with E-state index in [-0.39, 0.29) is 12.5 Å². The maximum Gasteiger partial charge on any atom is 0.328 e. The number of nitrogens with zero attached hydrogens (tertiary/aromatic N) is 5. The van der Waals surface area contributed by atoms with Crippen LogP contribution in [0.2, 0.25) is 0 Å². The summed E-state index contributed by atoms with van der Waals surface area (Å²) >= 11 is 0. The lowest BCUT2D eigenvalue weighted by molar-refractivity contribution is -0.140. The number of aromatic nitrogens is 4. The molecule has 0 spiro atoms. The normalized spacial score (nSPS) is 15.5. The fourth-order valence-corrected chi connectivity index (χ4v) is 2.58. The summed E-state index contributed by atoms with van der Waals surface area (Å²) in [5.74, 6) is -1.17. The van der Waals surface area contributed by atoms with E-state index >= 15 is 0 Å². The highest BCUT2D eigenvalue weighted by Gasteiger charge is 2.20. The molecule has 9 heteroatoms. The van der Waals surface area contributed by atoms with E-state index in [0.29, 0.717) is 36.5 Å². The smallest absolute Gasteiger partial charge is 0.328 e. The molecule has 2 N–H and O–H groups in total. The van der Waals surface area contributed by atoms with Gasteiger partial charge in [-0.15, -0.1) is 5.10 Å². The molecule has 1 aliphatic rings. The van der Waals surface area contributed by atoms with Crippen LogP contribution < -0.4 is 0 Å². The summed E-state index contributed by atoms with van der Waals surface area (Å²) in [6.07, 6.45) is 5.57. The fourth-order valence-electron chi connectivity index (χ4n) is 2.58. The molecule has 0 radical (unpaired) electrons. The van der Waals surface area contributed by atoms with E-state index in [9.17, 15) is 9.59 Å². The van der Waals surface area contributed by atoms with E-state index < -0.39 is 12.0 Å². The standard InChI is InChI=1S/C17H19N5O4/c1-11(17(25)26)22-9-15(19-20-22)13-2-3-14(18-8-13)16(24)21-6-4-12(10-23)5-7-21/h2-4,8-9,11,23H,5-7,10H2,1H3,(H,25,26). The summed E-state index contributed by atoms with van der Waals surface area (Å²) < 4.78 is 1.26. The second kappa shape index (κ2) is 7.44. The van der Waals surface area contributed by atoms with E-state index in [1.165, 1.54) is 24.0 Å². The average Bonchev–Trinajstić information content (AvgIpc) is 3.17. The molecule has 9 nitrogen and oxygen atoms in total. The molecular weight excluding hydrogens is 338 g/mol. The number of amides is 1. The zero-order valence-electron chi connectivity index (χ0n) is 14.2. The number of carboxylic acid groups (broad SMARTS) is 1. The first kappa shape index (κ1) is 17.7. The third-order valence-electron chi connectivity index (χ3n) is 4.34. The van der Waals surface area contributed by atoms with Crippen molar-refractivity contribution >= 4 is 11.9 Å². The van der Waals surface area contributed by atoms with Gasteiger partial charge in [0.15, 0.2) is 0 Å². The molecule has 0 aliphatic carbocycles. The van der Waals surface area contributed by atoms with Crippen molar-refractivity contribution in [3.63, 3.8) is 0 Å². The van der Waals surface area contributed by atoms with Crippen LogP contribution in [-0.2, 0) is 4.79 Å². The summed E-state index contributed by atoms with van der Waals surface area (Å²) in [4.78, 5) is 29.4. The van der Waals surface area contributed by atoms with Gasteiger partial charge >= 0.3 is 5.97 Å². The van der Waals surface area contributed by atoms with Crippen LogP contribution in [0, 0.1) is 0 Å². The Hall–Kier alpha value is -3.07. The third-order valence-corrected chi connectivity index (χ3v) is 4.34. The van der Waals surface area contributed by atoms with Gasteiger partial charge in [-0.1, -0.05) is 11.3 Å². The van der Waals surface area contributed by atoms with Crippen LogP contribution in [0.25, 0.3) is 11.3 Å². The van der Waals surface area contributed by atoms with E-state index in [0.717, 1.165) is 5.57 Å². The third kappa shape index (κ3) is 3.62. The molecule has 2 aromatic rings. The molecule has 1 amide bonds.